The van der Waals surface area contributed by atoms with Gasteiger partial charge in [0.1, 0.15) is 5.60 Å². The van der Waals surface area contributed by atoms with Gasteiger partial charge in [-0.25, -0.2) is 4.79 Å². The molecule has 4 atom stereocenters. The van der Waals surface area contributed by atoms with E-state index in [0.29, 0.717) is 18.1 Å². The lowest BCUT2D eigenvalue weighted by atomic mass is 9.97. The van der Waals surface area contributed by atoms with Crippen molar-refractivity contribution in [2.75, 3.05) is 6.54 Å². The van der Waals surface area contributed by atoms with Crippen molar-refractivity contribution in [3.05, 3.63) is 0 Å². The molecule has 3 aliphatic rings. The lowest BCUT2D eigenvalue weighted by molar-refractivity contribution is 0.00470. The van der Waals surface area contributed by atoms with Crippen LogP contribution in [0.2, 0.25) is 0 Å². The standard InChI is InChI=1S/C17H30N2O2/c1-11-7-12(11)10-18-13-8-14-5-6-15(9-13)19(14)16(20)21-17(2,3)4/h11-15,18H,5-10H2,1-4H3. The lowest BCUT2D eigenvalue weighted by Crippen LogP contribution is -2.52. The Labute approximate surface area is 128 Å². The molecule has 4 nitrogen and oxygen atoms in total. The summed E-state index contributed by atoms with van der Waals surface area (Å²) in [5.74, 6) is 1.81. The number of nitrogens with one attached hydrogen (secondary N) is 1. The van der Waals surface area contributed by atoms with Crippen LogP contribution in [0.15, 0.2) is 0 Å². The molecule has 3 fully saturated rings. The fraction of sp³-hybridized carbons (Fsp3) is 0.941. The number of hydrogen-bond donors (Lipinski definition) is 1. The molecule has 0 radical (unpaired) electrons. The first-order valence-electron chi connectivity index (χ1n) is 8.58. The van der Waals surface area contributed by atoms with Crippen molar-refractivity contribution < 1.29 is 9.53 Å². The molecule has 2 bridgehead atoms. The zero-order valence-corrected chi connectivity index (χ0v) is 13.9. The zero-order valence-electron chi connectivity index (χ0n) is 13.9. The second-order valence-electron chi connectivity index (χ2n) is 8.32. The van der Waals surface area contributed by atoms with Gasteiger partial charge in [0, 0.05) is 18.1 Å². The molecule has 1 saturated carbocycles. The number of amides is 1. The van der Waals surface area contributed by atoms with Crippen LogP contribution in [0.25, 0.3) is 0 Å². The van der Waals surface area contributed by atoms with Crippen molar-refractivity contribution in [3.8, 4) is 0 Å². The van der Waals surface area contributed by atoms with Crippen LogP contribution in [0.1, 0.15) is 59.8 Å². The van der Waals surface area contributed by atoms with Gasteiger partial charge in [-0.05, 0) is 71.3 Å². The minimum atomic E-state index is -0.395. The number of carbonyl (C=O) groups is 1. The van der Waals surface area contributed by atoms with E-state index in [9.17, 15) is 4.79 Å². The minimum Gasteiger partial charge on any atom is -0.444 e. The Kier molecular flexibility index (Phi) is 3.93. The SMILES string of the molecule is CC1CC1CNC1CC2CCC(C1)N2C(=O)OC(C)(C)C. The van der Waals surface area contributed by atoms with Crippen LogP contribution in [0.5, 0.6) is 0 Å². The molecule has 1 amide bonds. The number of nitrogens with zero attached hydrogens (tertiary/aromatic N) is 1. The Bertz CT molecular complexity index is 390. The first-order chi connectivity index (χ1) is 9.83. The molecule has 4 unspecified atom stereocenters. The van der Waals surface area contributed by atoms with Gasteiger partial charge in [-0.15, -0.1) is 0 Å². The topological polar surface area (TPSA) is 41.6 Å². The average Bonchev–Trinajstić information content (AvgIpc) is 2.99. The molecular formula is C17H30N2O2. The second-order valence-corrected chi connectivity index (χ2v) is 8.32. The number of rotatable bonds is 3. The highest BCUT2D eigenvalue weighted by atomic mass is 16.6. The van der Waals surface area contributed by atoms with E-state index in [4.69, 9.17) is 4.74 Å². The van der Waals surface area contributed by atoms with E-state index < -0.39 is 5.60 Å². The maximum Gasteiger partial charge on any atom is 0.410 e. The monoisotopic (exact) mass is 294 g/mol. The molecule has 2 aliphatic heterocycles. The first kappa shape index (κ1) is 15.1. The van der Waals surface area contributed by atoms with Crippen molar-refractivity contribution in [1.82, 2.24) is 10.2 Å². The molecule has 21 heavy (non-hydrogen) atoms. The van der Waals surface area contributed by atoms with Crippen molar-refractivity contribution in [2.45, 2.75) is 83.5 Å². The fourth-order valence-corrected chi connectivity index (χ4v) is 3.96. The van der Waals surface area contributed by atoms with Gasteiger partial charge in [0.05, 0.1) is 0 Å². The summed E-state index contributed by atoms with van der Waals surface area (Å²) in [6.07, 6.45) is 5.75. The average molecular weight is 294 g/mol. The van der Waals surface area contributed by atoms with Crippen LogP contribution in [0, 0.1) is 11.8 Å². The van der Waals surface area contributed by atoms with Gasteiger partial charge < -0.3 is 15.0 Å². The normalized spacial score (nSPS) is 38.5. The molecular weight excluding hydrogens is 264 g/mol. The van der Waals surface area contributed by atoms with Gasteiger partial charge in [0.25, 0.3) is 0 Å². The summed E-state index contributed by atoms with van der Waals surface area (Å²) in [4.78, 5) is 14.4. The third-order valence-corrected chi connectivity index (χ3v) is 5.28. The highest BCUT2D eigenvalue weighted by molar-refractivity contribution is 5.69. The van der Waals surface area contributed by atoms with Crippen LogP contribution in [-0.4, -0.2) is 41.3 Å². The van der Waals surface area contributed by atoms with Crippen molar-refractivity contribution in [2.24, 2.45) is 11.8 Å². The predicted molar refractivity (Wildman–Crippen MR) is 83.2 cm³/mol. The Morgan fingerprint density at radius 3 is 2.24 bits per heavy atom. The molecule has 2 saturated heterocycles. The van der Waals surface area contributed by atoms with E-state index >= 15 is 0 Å². The molecule has 3 rings (SSSR count). The molecule has 4 heteroatoms. The van der Waals surface area contributed by atoms with Crippen LogP contribution < -0.4 is 5.32 Å². The summed E-state index contributed by atoms with van der Waals surface area (Å²) in [5, 5.41) is 3.74. The molecule has 0 aromatic rings. The Morgan fingerprint density at radius 2 is 1.76 bits per heavy atom. The molecule has 120 valence electrons. The van der Waals surface area contributed by atoms with Crippen molar-refractivity contribution in [1.29, 1.82) is 0 Å². The van der Waals surface area contributed by atoms with E-state index in [1.54, 1.807) is 0 Å². The second kappa shape index (κ2) is 5.45. The maximum absolute atomic E-state index is 12.4. The van der Waals surface area contributed by atoms with Gasteiger partial charge >= 0.3 is 6.09 Å². The minimum absolute atomic E-state index is 0.107. The summed E-state index contributed by atoms with van der Waals surface area (Å²) in [7, 11) is 0. The highest BCUT2D eigenvalue weighted by Crippen LogP contribution is 2.39. The van der Waals surface area contributed by atoms with Crippen LogP contribution in [0.3, 0.4) is 0 Å². The van der Waals surface area contributed by atoms with E-state index in [1.165, 1.54) is 6.42 Å². The van der Waals surface area contributed by atoms with Crippen molar-refractivity contribution in [3.63, 3.8) is 0 Å². The summed E-state index contributed by atoms with van der Waals surface area (Å²) in [6.45, 7) is 9.33. The quantitative estimate of drug-likeness (QED) is 0.869. The Hall–Kier alpha value is -0.770. The predicted octanol–water partition coefficient (Wildman–Crippen LogP) is 3.16. The smallest absolute Gasteiger partial charge is 0.410 e. The van der Waals surface area contributed by atoms with Gasteiger partial charge in [0.15, 0.2) is 0 Å². The van der Waals surface area contributed by atoms with E-state index in [0.717, 1.165) is 44.1 Å². The summed E-state index contributed by atoms with van der Waals surface area (Å²) < 4.78 is 5.58. The zero-order chi connectivity index (χ0) is 15.2. The Balaban J connectivity index is 1.52. The van der Waals surface area contributed by atoms with Crippen LogP contribution >= 0.6 is 0 Å². The highest BCUT2D eigenvalue weighted by Gasteiger charge is 2.45. The molecule has 1 aliphatic carbocycles. The summed E-state index contributed by atoms with van der Waals surface area (Å²) >= 11 is 0. The maximum atomic E-state index is 12.4. The van der Waals surface area contributed by atoms with E-state index in [1.807, 2.05) is 25.7 Å². The molecule has 0 aromatic heterocycles. The summed E-state index contributed by atoms with van der Waals surface area (Å²) in [5.41, 5.74) is -0.395. The Morgan fingerprint density at radius 1 is 1.19 bits per heavy atom. The largest absolute Gasteiger partial charge is 0.444 e. The van der Waals surface area contributed by atoms with E-state index in [2.05, 4.69) is 12.2 Å². The first-order valence-corrected chi connectivity index (χ1v) is 8.58. The van der Waals surface area contributed by atoms with Gasteiger partial charge in [-0.2, -0.15) is 0 Å². The number of carbonyl (C=O) groups excluding carboxylic acids is 1. The fourth-order valence-electron chi connectivity index (χ4n) is 3.96. The number of ether oxygens (including phenoxy) is 1. The third-order valence-electron chi connectivity index (χ3n) is 5.28. The molecule has 0 spiro atoms. The van der Waals surface area contributed by atoms with E-state index in [-0.39, 0.29) is 6.09 Å². The number of piperidine rings is 1. The van der Waals surface area contributed by atoms with Gasteiger partial charge in [0.2, 0.25) is 0 Å². The molecule has 2 heterocycles. The molecule has 1 N–H and O–H groups in total. The molecule has 0 aromatic carbocycles. The number of hydrogen-bond acceptors (Lipinski definition) is 3. The van der Waals surface area contributed by atoms with Gasteiger partial charge in [-0.3, -0.25) is 0 Å². The van der Waals surface area contributed by atoms with Crippen LogP contribution in [-0.2, 0) is 4.74 Å². The lowest BCUT2D eigenvalue weighted by Gasteiger charge is -2.39. The number of fused-ring (bicyclic) bond motifs is 2. The summed E-state index contributed by atoms with van der Waals surface area (Å²) in [6, 6.07) is 1.36. The van der Waals surface area contributed by atoms with Crippen molar-refractivity contribution >= 4 is 6.09 Å². The van der Waals surface area contributed by atoms with Gasteiger partial charge in [-0.1, -0.05) is 6.92 Å². The third kappa shape index (κ3) is 3.53. The van der Waals surface area contributed by atoms with Crippen LogP contribution in [0.4, 0.5) is 4.79 Å².